The largest absolute Gasteiger partial charge is 0.314 e. The first-order valence-electron chi connectivity index (χ1n) is 6.39. The van der Waals surface area contributed by atoms with Crippen molar-refractivity contribution < 1.29 is 4.39 Å². The minimum Gasteiger partial charge on any atom is -0.314 e. The molecule has 0 atom stereocenters. The number of rotatable bonds is 3. The van der Waals surface area contributed by atoms with Crippen LogP contribution in [0, 0.1) is 5.82 Å². The highest BCUT2D eigenvalue weighted by Crippen LogP contribution is 2.22. The van der Waals surface area contributed by atoms with Gasteiger partial charge in [0.1, 0.15) is 5.82 Å². The van der Waals surface area contributed by atoms with E-state index in [0.29, 0.717) is 17.0 Å². The Hall–Kier alpha value is -0.640. The molecular formula is C14H20ClFN2. The predicted octanol–water partition coefficient (Wildman–Crippen LogP) is 2.71. The zero-order valence-electron chi connectivity index (χ0n) is 11.0. The molecule has 1 N–H and O–H groups in total. The molecule has 0 aromatic heterocycles. The fourth-order valence-electron chi connectivity index (χ4n) is 2.46. The fourth-order valence-corrected chi connectivity index (χ4v) is 2.71. The number of benzene rings is 1. The number of halogens is 2. The van der Waals surface area contributed by atoms with E-state index in [4.69, 9.17) is 11.6 Å². The molecule has 4 heteroatoms. The van der Waals surface area contributed by atoms with E-state index in [1.807, 2.05) is 0 Å². The van der Waals surface area contributed by atoms with E-state index in [1.54, 1.807) is 12.1 Å². The second-order valence-electron chi connectivity index (χ2n) is 5.43. The summed E-state index contributed by atoms with van der Waals surface area (Å²) in [5.41, 5.74) is 0.754. The zero-order valence-corrected chi connectivity index (χ0v) is 11.7. The van der Waals surface area contributed by atoms with Gasteiger partial charge in [-0.2, -0.15) is 0 Å². The van der Waals surface area contributed by atoms with Crippen molar-refractivity contribution in [2.75, 3.05) is 26.2 Å². The number of nitrogens with one attached hydrogen (secondary N) is 1. The summed E-state index contributed by atoms with van der Waals surface area (Å²) in [7, 11) is 0. The van der Waals surface area contributed by atoms with E-state index in [-0.39, 0.29) is 11.4 Å². The van der Waals surface area contributed by atoms with Crippen molar-refractivity contribution in [1.82, 2.24) is 10.2 Å². The van der Waals surface area contributed by atoms with E-state index < -0.39 is 0 Å². The van der Waals surface area contributed by atoms with Crippen molar-refractivity contribution in [2.45, 2.75) is 25.8 Å². The molecule has 1 aliphatic heterocycles. The van der Waals surface area contributed by atoms with E-state index in [9.17, 15) is 4.39 Å². The average Bonchev–Trinajstić information content (AvgIpc) is 2.30. The third-order valence-corrected chi connectivity index (χ3v) is 4.02. The highest BCUT2D eigenvalue weighted by molar-refractivity contribution is 6.31. The van der Waals surface area contributed by atoms with E-state index in [0.717, 1.165) is 26.2 Å². The van der Waals surface area contributed by atoms with Crippen LogP contribution in [-0.4, -0.2) is 36.6 Å². The van der Waals surface area contributed by atoms with Crippen LogP contribution in [0.15, 0.2) is 18.2 Å². The number of piperazine rings is 1. The molecule has 1 saturated heterocycles. The molecule has 0 radical (unpaired) electrons. The first-order valence-corrected chi connectivity index (χ1v) is 6.77. The highest BCUT2D eigenvalue weighted by Gasteiger charge is 2.29. The van der Waals surface area contributed by atoms with Crippen LogP contribution in [0.4, 0.5) is 4.39 Å². The fraction of sp³-hybridized carbons (Fsp3) is 0.571. The number of hydrogen-bond acceptors (Lipinski definition) is 2. The Balaban J connectivity index is 2.03. The van der Waals surface area contributed by atoms with Crippen LogP contribution in [0.2, 0.25) is 5.02 Å². The Morgan fingerprint density at radius 2 is 2.22 bits per heavy atom. The Kier molecular flexibility index (Phi) is 4.25. The normalized spacial score (nSPS) is 20.0. The summed E-state index contributed by atoms with van der Waals surface area (Å²) in [6.45, 7) is 8.23. The van der Waals surface area contributed by atoms with Crippen molar-refractivity contribution in [3.63, 3.8) is 0 Å². The van der Waals surface area contributed by atoms with Crippen LogP contribution in [0.1, 0.15) is 19.4 Å². The summed E-state index contributed by atoms with van der Waals surface area (Å²) < 4.78 is 13.7. The van der Waals surface area contributed by atoms with Crippen LogP contribution >= 0.6 is 11.6 Å². The van der Waals surface area contributed by atoms with Gasteiger partial charge >= 0.3 is 0 Å². The molecule has 18 heavy (non-hydrogen) atoms. The van der Waals surface area contributed by atoms with Gasteiger partial charge in [-0.25, -0.2) is 4.39 Å². The topological polar surface area (TPSA) is 15.3 Å². The molecule has 1 heterocycles. The smallest absolute Gasteiger partial charge is 0.127 e. The molecule has 100 valence electrons. The Labute approximate surface area is 113 Å². The third-order valence-electron chi connectivity index (χ3n) is 3.67. The SMILES string of the molecule is CC1(C)CNCCN1CCc1c(F)cccc1Cl. The van der Waals surface area contributed by atoms with E-state index in [1.165, 1.54) is 6.07 Å². The molecule has 1 fully saturated rings. The van der Waals surface area contributed by atoms with Crippen molar-refractivity contribution in [3.05, 3.63) is 34.6 Å². The van der Waals surface area contributed by atoms with Gasteiger partial charge in [-0.3, -0.25) is 4.90 Å². The molecule has 0 unspecified atom stereocenters. The summed E-state index contributed by atoms with van der Waals surface area (Å²) in [5.74, 6) is -0.199. The van der Waals surface area contributed by atoms with E-state index >= 15 is 0 Å². The van der Waals surface area contributed by atoms with E-state index in [2.05, 4.69) is 24.1 Å². The highest BCUT2D eigenvalue weighted by atomic mass is 35.5. The lowest BCUT2D eigenvalue weighted by molar-refractivity contribution is 0.0919. The maximum atomic E-state index is 13.7. The Morgan fingerprint density at radius 1 is 1.44 bits per heavy atom. The van der Waals surface area contributed by atoms with Crippen LogP contribution in [-0.2, 0) is 6.42 Å². The minimum absolute atomic E-state index is 0.121. The van der Waals surface area contributed by atoms with Crippen molar-refractivity contribution in [1.29, 1.82) is 0 Å². The first-order chi connectivity index (χ1) is 8.50. The molecule has 1 aromatic rings. The average molecular weight is 271 g/mol. The zero-order chi connectivity index (χ0) is 13.2. The summed E-state index contributed by atoms with van der Waals surface area (Å²) in [6, 6.07) is 4.88. The quantitative estimate of drug-likeness (QED) is 0.909. The van der Waals surface area contributed by atoms with Gasteiger partial charge in [-0.1, -0.05) is 17.7 Å². The second kappa shape index (κ2) is 5.55. The Bertz CT molecular complexity index is 400. The lowest BCUT2D eigenvalue weighted by Crippen LogP contribution is -2.58. The van der Waals surface area contributed by atoms with Gasteiger partial charge in [0.25, 0.3) is 0 Å². The lowest BCUT2D eigenvalue weighted by atomic mass is 9.99. The summed E-state index contributed by atoms with van der Waals surface area (Å²) in [6.07, 6.45) is 0.662. The third kappa shape index (κ3) is 3.02. The van der Waals surface area contributed by atoms with Crippen LogP contribution in [0.5, 0.6) is 0 Å². The maximum absolute atomic E-state index is 13.7. The van der Waals surface area contributed by atoms with Crippen LogP contribution in [0.25, 0.3) is 0 Å². The molecule has 1 aromatic carbocycles. The van der Waals surface area contributed by atoms with Crippen LogP contribution < -0.4 is 5.32 Å². The molecule has 0 spiro atoms. The van der Waals surface area contributed by atoms with Crippen molar-refractivity contribution >= 4 is 11.6 Å². The second-order valence-corrected chi connectivity index (χ2v) is 5.83. The van der Waals surface area contributed by atoms with Gasteiger partial charge in [0.15, 0.2) is 0 Å². The number of hydrogen-bond donors (Lipinski definition) is 1. The van der Waals surface area contributed by atoms with Gasteiger partial charge in [0.05, 0.1) is 0 Å². The van der Waals surface area contributed by atoms with Gasteiger partial charge < -0.3 is 5.32 Å². The molecule has 0 amide bonds. The summed E-state index contributed by atoms with van der Waals surface area (Å²) in [4.78, 5) is 2.40. The molecule has 1 aliphatic rings. The summed E-state index contributed by atoms with van der Waals surface area (Å²) >= 11 is 6.05. The maximum Gasteiger partial charge on any atom is 0.127 e. The molecule has 0 saturated carbocycles. The standard InChI is InChI=1S/C14H20ClFN2/c1-14(2)10-17-7-9-18(14)8-6-11-12(15)4-3-5-13(11)16/h3-5,17H,6-10H2,1-2H3. The first kappa shape index (κ1) is 13.8. The van der Waals surface area contributed by atoms with Crippen molar-refractivity contribution in [3.8, 4) is 0 Å². The molecule has 0 bridgehead atoms. The monoisotopic (exact) mass is 270 g/mol. The molecule has 2 rings (SSSR count). The van der Waals surface area contributed by atoms with Gasteiger partial charge in [0, 0.05) is 42.3 Å². The Morgan fingerprint density at radius 3 is 2.89 bits per heavy atom. The molecule has 0 aliphatic carbocycles. The van der Waals surface area contributed by atoms with Crippen molar-refractivity contribution in [2.24, 2.45) is 0 Å². The van der Waals surface area contributed by atoms with Gasteiger partial charge in [0.2, 0.25) is 0 Å². The number of nitrogens with zero attached hydrogens (tertiary/aromatic N) is 1. The predicted molar refractivity (Wildman–Crippen MR) is 73.6 cm³/mol. The lowest BCUT2D eigenvalue weighted by Gasteiger charge is -2.43. The van der Waals surface area contributed by atoms with Gasteiger partial charge in [-0.05, 0) is 32.4 Å². The van der Waals surface area contributed by atoms with Crippen LogP contribution in [0.3, 0.4) is 0 Å². The van der Waals surface area contributed by atoms with Gasteiger partial charge in [-0.15, -0.1) is 0 Å². The summed E-state index contributed by atoms with van der Waals surface area (Å²) in [5, 5.41) is 3.91. The minimum atomic E-state index is -0.199. The molecule has 2 nitrogen and oxygen atoms in total. The molecular weight excluding hydrogens is 251 g/mol.